The Bertz CT molecular complexity index is 710. The zero-order valence-electron chi connectivity index (χ0n) is 10.8. The molecular formula is C14H13ClN2O3. The van der Waals surface area contributed by atoms with Crippen molar-refractivity contribution in [1.82, 2.24) is 9.78 Å². The van der Waals surface area contributed by atoms with Gasteiger partial charge in [0, 0.05) is 12.1 Å². The highest BCUT2D eigenvalue weighted by molar-refractivity contribution is 6.33. The second-order valence-corrected chi connectivity index (χ2v) is 4.66. The van der Waals surface area contributed by atoms with Crippen molar-refractivity contribution in [3.05, 3.63) is 51.3 Å². The van der Waals surface area contributed by atoms with Crippen LogP contribution in [0.4, 0.5) is 0 Å². The third-order valence-electron chi connectivity index (χ3n) is 2.79. The summed E-state index contributed by atoms with van der Waals surface area (Å²) in [5, 5.41) is 13.8. The highest BCUT2D eigenvalue weighted by Gasteiger charge is 2.16. The maximum atomic E-state index is 12.0. The Hall–Kier alpha value is -2.14. The van der Waals surface area contributed by atoms with Crippen molar-refractivity contribution >= 4 is 17.6 Å². The fraction of sp³-hybridized carbons (Fsp3) is 0.214. The lowest BCUT2D eigenvalue weighted by Crippen LogP contribution is -2.29. The van der Waals surface area contributed by atoms with Crippen LogP contribution in [-0.2, 0) is 6.54 Å². The van der Waals surface area contributed by atoms with Gasteiger partial charge in [0.25, 0.3) is 5.56 Å². The van der Waals surface area contributed by atoms with Gasteiger partial charge >= 0.3 is 5.97 Å². The minimum Gasteiger partial charge on any atom is -0.477 e. The van der Waals surface area contributed by atoms with E-state index in [9.17, 15) is 9.59 Å². The molecule has 1 N–H and O–H groups in total. The molecule has 104 valence electrons. The van der Waals surface area contributed by atoms with E-state index in [0.29, 0.717) is 29.2 Å². The Balaban J connectivity index is 2.69. The number of aromatic carboxylic acids is 1. The number of aryl methyl sites for hydroxylation is 1. The molecule has 20 heavy (non-hydrogen) atoms. The van der Waals surface area contributed by atoms with Gasteiger partial charge < -0.3 is 5.11 Å². The fourth-order valence-electron chi connectivity index (χ4n) is 1.86. The first-order valence-electron chi connectivity index (χ1n) is 6.15. The fourth-order valence-corrected chi connectivity index (χ4v) is 2.09. The number of rotatable bonds is 4. The molecule has 6 heteroatoms. The smallest absolute Gasteiger partial charge is 0.341 e. The van der Waals surface area contributed by atoms with Crippen LogP contribution in [0.1, 0.15) is 23.7 Å². The number of hydrogen-bond donors (Lipinski definition) is 1. The van der Waals surface area contributed by atoms with Crippen molar-refractivity contribution in [1.29, 1.82) is 0 Å². The van der Waals surface area contributed by atoms with E-state index in [-0.39, 0.29) is 5.56 Å². The molecule has 5 nitrogen and oxygen atoms in total. The minimum atomic E-state index is -1.27. The topological polar surface area (TPSA) is 72.2 Å². The van der Waals surface area contributed by atoms with Crippen LogP contribution in [0.2, 0.25) is 5.02 Å². The Kier molecular flexibility index (Phi) is 4.20. The van der Waals surface area contributed by atoms with E-state index in [1.54, 1.807) is 24.3 Å². The zero-order valence-corrected chi connectivity index (χ0v) is 11.6. The molecule has 0 saturated carbocycles. The summed E-state index contributed by atoms with van der Waals surface area (Å²) in [5.41, 5.74) is 0.0705. The summed E-state index contributed by atoms with van der Waals surface area (Å²) in [6.45, 7) is 2.24. The molecule has 0 atom stereocenters. The van der Waals surface area contributed by atoms with Crippen LogP contribution in [-0.4, -0.2) is 20.9 Å². The summed E-state index contributed by atoms with van der Waals surface area (Å²) < 4.78 is 1.17. The second-order valence-electron chi connectivity index (χ2n) is 4.26. The summed E-state index contributed by atoms with van der Waals surface area (Å²) in [7, 11) is 0. The normalized spacial score (nSPS) is 10.5. The second kappa shape index (κ2) is 5.88. The Morgan fingerprint density at radius 2 is 2.10 bits per heavy atom. The summed E-state index contributed by atoms with van der Waals surface area (Å²) in [4.78, 5) is 23.1. The van der Waals surface area contributed by atoms with E-state index in [1.165, 1.54) is 10.7 Å². The van der Waals surface area contributed by atoms with Gasteiger partial charge in [-0.3, -0.25) is 4.79 Å². The van der Waals surface area contributed by atoms with Crippen molar-refractivity contribution in [3.63, 3.8) is 0 Å². The van der Waals surface area contributed by atoms with Gasteiger partial charge in [-0.25, -0.2) is 9.48 Å². The van der Waals surface area contributed by atoms with Gasteiger partial charge in [-0.05, 0) is 18.6 Å². The van der Waals surface area contributed by atoms with E-state index in [4.69, 9.17) is 16.7 Å². The number of benzene rings is 1. The predicted molar refractivity (Wildman–Crippen MR) is 76.2 cm³/mol. The van der Waals surface area contributed by atoms with Crippen molar-refractivity contribution in [2.45, 2.75) is 19.9 Å². The summed E-state index contributed by atoms with van der Waals surface area (Å²) >= 11 is 6.09. The van der Waals surface area contributed by atoms with Gasteiger partial charge in [0.05, 0.1) is 10.7 Å². The first kappa shape index (κ1) is 14.3. The van der Waals surface area contributed by atoms with Crippen LogP contribution in [0, 0.1) is 0 Å². The lowest BCUT2D eigenvalue weighted by Gasteiger charge is -2.09. The average Bonchev–Trinajstić information content (AvgIpc) is 2.41. The lowest BCUT2D eigenvalue weighted by atomic mass is 10.1. The van der Waals surface area contributed by atoms with Gasteiger partial charge in [-0.1, -0.05) is 36.7 Å². The van der Waals surface area contributed by atoms with Gasteiger partial charge in [0.15, 0.2) is 0 Å². The maximum Gasteiger partial charge on any atom is 0.341 e. The number of halogens is 1. The molecule has 0 saturated heterocycles. The Labute approximate surface area is 120 Å². The molecule has 0 aliphatic rings. The number of carboxylic acid groups (broad SMARTS) is 1. The standard InChI is InChI=1S/C14H13ClN2O3/c1-2-7-17-13(18)10(14(19)20)8-12(16-17)9-5-3-4-6-11(9)15/h3-6,8H,2,7H2,1H3,(H,19,20). The summed E-state index contributed by atoms with van der Waals surface area (Å²) in [5.74, 6) is -1.27. The SMILES string of the molecule is CCCn1nc(-c2ccccc2Cl)cc(C(=O)O)c1=O. The molecular weight excluding hydrogens is 280 g/mol. The third-order valence-corrected chi connectivity index (χ3v) is 3.12. The van der Waals surface area contributed by atoms with E-state index >= 15 is 0 Å². The minimum absolute atomic E-state index is 0.302. The summed E-state index contributed by atoms with van der Waals surface area (Å²) in [6, 6.07) is 8.23. The van der Waals surface area contributed by atoms with Crippen LogP contribution in [0.3, 0.4) is 0 Å². The number of aromatic nitrogens is 2. The first-order chi connectivity index (χ1) is 9.54. The van der Waals surface area contributed by atoms with Crippen LogP contribution in [0.25, 0.3) is 11.3 Å². The van der Waals surface area contributed by atoms with E-state index < -0.39 is 11.5 Å². The number of hydrogen-bond acceptors (Lipinski definition) is 3. The third kappa shape index (κ3) is 2.72. The number of carboxylic acids is 1. The molecule has 0 unspecified atom stereocenters. The average molecular weight is 293 g/mol. The molecule has 1 aromatic carbocycles. The molecule has 0 amide bonds. The van der Waals surface area contributed by atoms with Gasteiger partial charge in [0.2, 0.25) is 0 Å². The Morgan fingerprint density at radius 3 is 2.70 bits per heavy atom. The Morgan fingerprint density at radius 1 is 1.40 bits per heavy atom. The molecule has 0 bridgehead atoms. The highest BCUT2D eigenvalue weighted by atomic mass is 35.5. The van der Waals surface area contributed by atoms with Crippen molar-refractivity contribution in [2.75, 3.05) is 0 Å². The number of carbonyl (C=O) groups is 1. The van der Waals surface area contributed by atoms with E-state index in [2.05, 4.69) is 5.10 Å². The molecule has 2 aromatic rings. The predicted octanol–water partition coefficient (Wildman–Crippen LogP) is 2.67. The molecule has 1 heterocycles. The van der Waals surface area contributed by atoms with E-state index in [0.717, 1.165) is 0 Å². The van der Waals surface area contributed by atoms with Crippen LogP contribution in [0.15, 0.2) is 35.1 Å². The van der Waals surface area contributed by atoms with Gasteiger partial charge in [-0.2, -0.15) is 5.10 Å². The van der Waals surface area contributed by atoms with Gasteiger partial charge in [-0.15, -0.1) is 0 Å². The number of nitrogens with zero attached hydrogens (tertiary/aromatic N) is 2. The molecule has 0 radical (unpaired) electrons. The van der Waals surface area contributed by atoms with Crippen LogP contribution < -0.4 is 5.56 Å². The highest BCUT2D eigenvalue weighted by Crippen LogP contribution is 2.25. The molecule has 2 rings (SSSR count). The first-order valence-corrected chi connectivity index (χ1v) is 6.52. The maximum absolute atomic E-state index is 12.0. The zero-order chi connectivity index (χ0) is 14.7. The van der Waals surface area contributed by atoms with Crippen molar-refractivity contribution in [2.24, 2.45) is 0 Å². The summed E-state index contributed by atoms with van der Waals surface area (Å²) in [6.07, 6.45) is 0.679. The van der Waals surface area contributed by atoms with Crippen LogP contribution >= 0.6 is 11.6 Å². The monoisotopic (exact) mass is 292 g/mol. The molecule has 0 fully saturated rings. The molecule has 0 aliphatic heterocycles. The van der Waals surface area contributed by atoms with Crippen LogP contribution in [0.5, 0.6) is 0 Å². The van der Waals surface area contributed by atoms with Crippen molar-refractivity contribution < 1.29 is 9.90 Å². The van der Waals surface area contributed by atoms with E-state index in [1.807, 2.05) is 6.92 Å². The quantitative estimate of drug-likeness (QED) is 0.940. The lowest BCUT2D eigenvalue weighted by molar-refractivity contribution is 0.0693. The van der Waals surface area contributed by atoms with Crippen molar-refractivity contribution in [3.8, 4) is 11.3 Å². The van der Waals surface area contributed by atoms with Gasteiger partial charge in [0.1, 0.15) is 5.56 Å². The largest absolute Gasteiger partial charge is 0.477 e. The molecule has 1 aromatic heterocycles. The molecule has 0 aliphatic carbocycles. The molecule has 0 spiro atoms.